The van der Waals surface area contributed by atoms with Crippen LogP contribution in [0, 0.1) is 5.41 Å². The zero-order chi connectivity index (χ0) is 13.0. The van der Waals surface area contributed by atoms with Gasteiger partial charge in [-0.15, -0.1) is 0 Å². The molecule has 2 aliphatic rings. The maximum atomic E-state index is 10.1. The van der Waals surface area contributed by atoms with Crippen LogP contribution in [0.25, 0.3) is 16.6 Å². The highest BCUT2D eigenvalue weighted by molar-refractivity contribution is 6.23. The number of aromatic amines is 1. The van der Waals surface area contributed by atoms with Gasteiger partial charge in [-0.05, 0) is 25.0 Å². The van der Waals surface area contributed by atoms with Crippen LogP contribution in [0.3, 0.4) is 0 Å². The minimum atomic E-state index is 0.246. The second-order valence-corrected chi connectivity index (χ2v) is 5.13. The van der Waals surface area contributed by atoms with E-state index in [1.54, 1.807) is 0 Å². The third-order valence-corrected chi connectivity index (χ3v) is 3.75. The number of hydrogen-bond acceptors (Lipinski definition) is 3. The van der Waals surface area contributed by atoms with Crippen molar-refractivity contribution in [3.05, 3.63) is 35.8 Å². The van der Waals surface area contributed by atoms with E-state index in [2.05, 4.69) is 9.97 Å². The molecule has 0 amide bonds. The second kappa shape index (κ2) is 3.60. The summed E-state index contributed by atoms with van der Waals surface area (Å²) in [5.74, 6) is 1.22. The third-order valence-electron chi connectivity index (χ3n) is 3.75. The molecule has 5 heteroatoms. The van der Waals surface area contributed by atoms with Crippen molar-refractivity contribution in [3.63, 3.8) is 0 Å². The number of aliphatic hydroxyl groups excluding tert-OH is 1. The molecule has 2 aromatic rings. The van der Waals surface area contributed by atoms with Crippen LogP contribution >= 0.6 is 0 Å². The topological polar surface area (TPSA) is 76.0 Å². The molecule has 0 unspecified atom stereocenters. The average molecular weight is 254 g/mol. The lowest BCUT2D eigenvalue weighted by Gasteiger charge is -2.16. The number of benzene rings is 1. The Kier molecular flexibility index (Phi) is 2.01. The van der Waals surface area contributed by atoms with Gasteiger partial charge in [0.1, 0.15) is 17.4 Å². The summed E-state index contributed by atoms with van der Waals surface area (Å²) >= 11 is 0. The van der Waals surface area contributed by atoms with E-state index in [1.807, 2.05) is 29.2 Å². The summed E-state index contributed by atoms with van der Waals surface area (Å²) in [4.78, 5) is 9.61. The molecule has 0 spiro atoms. The number of para-hydroxylation sites is 2. The summed E-state index contributed by atoms with van der Waals surface area (Å²) in [6.07, 6.45) is 2.23. The molecule has 1 aliphatic carbocycles. The molecule has 5 nitrogen and oxygen atoms in total. The Morgan fingerprint density at radius 2 is 2.11 bits per heavy atom. The van der Waals surface area contributed by atoms with E-state index in [0.29, 0.717) is 29.8 Å². The first kappa shape index (κ1) is 10.6. The number of nitrogens with one attached hydrogen (secondary N) is 2. The fourth-order valence-corrected chi connectivity index (χ4v) is 2.62. The van der Waals surface area contributed by atoms with E-state index < -0.39 is 0 Å². The predicted molar refractivity (Wildman–Crippen MR) is 73.1 cm³/mol. The molecule has 4 rings (SSSR count). The third kappa shape index (κ3) is 1.54. The Bertz CT molecular complexity index is 678. The fraction of sp³-hybridized carbons (Fsp3) is 0.286. The standard InChI is InChI=1S/C14H14N4O/c15-13-12(11(19)7-18(13)8-5-6-8)14-16-9-3-1-2-4-10(9)17-14/h1-4,8,15,19H,5-7H2,(H,16,17). The normalized spacial score (nSPS) is 19.8. The molecular formula is C14H14N4O. The van der Waals surface area contributed by atoms with Crippen LogP contribution in [0.1, 0.15) is 18.7 Å². The van der Waals surface area contributed by atoms with E-state index in [4.69, 9.17) is 5.41 Å². The van der Waals surface area contributed by atoms with Crippen LogP contribution in [-0.2, 0) is 0 Å². The number of aromatic nitrogens is 2. The Labute approximate surface area is 110 Å². The molecule has 1 saturated carbocycles. The Morgan fingerprint density at radius 1 is 1.32 bits per heavy atom. The molecule has 19 heavy (non-hydrogen) atoms. The van der Waals surface area contributed by atoms with Crippen LogP contribution < -0.4 is 0 Å². The largest absolute Gasteiger partial charge is 0.510 e. The van der Waals surface area contributed by atoms with Crippen LogP contribution in [0.5, 0.6) is 0 Å². The molecule has 2 heterocycles. The highest BCUT2D eigenvalue weighted by atomic mass is 16.3. The van der Waals surface area contributed by atoms with Crippen LogP contribution in [0.2, 0.25) is 0 Å². The van der Waals surface area contributed by atoms with Gasteiger partial charge in [-0.1, -0.05) is 12.1 Å². The smallest absolute Gasteiger partial charge is 0.145 e. The number of nitrogens with zero attached hydrogens (tertiary/aromatic N) is 2. The van der Waals surface area contributed by atoms with Gasteiger partial charge >= 0.3 is 0 Å². The first-order valence-electron chi connectivity index (χ1n) is 6.47. The number of H-pyrrole nitrogens is 1. The zero-order valence-corrected chi connectivity index (χ0v) is 10.3. The number of hydrogen-bond donors (Lipinski definition) is 3. The van der Waals surface area contributed by atoms with Crippen molar-refractivity contribution in [1.29, 1.82) is 5.41 Å². The van der Waals surface area contributed by atoms with E-state index in [9.17, 15) is 5.11 Å². The van der Waals surface area contributed by atoms with Gasteiger partial charge in [-0.2, -0.15) is 0 Å². The highest BCUT2D eigenvalue weighted by Crippen LogP contribution is 2.35. The number of imidazole rings is 1. The number of aliphatic hydroxyl groups is 1. The van der Waals surface area contributed by atoms with Gasteiger partial charge in [0.2, 0.25) is 0 Å². The van der Waals surface area contributed by atoms with Crippen molar-refractivity contribution < 1.29 is 5.11 Å². The Morgan fingerprint density at radius 3 is 2.84 bits per heavy atom. The van der Waals surface area contributed by atoms with E-state index in [1.165, 1.54) is 0 Å². The van der Waals surface area contributed by atoms with Gasteiger partial charge in [0.15, 0.2) is 0 Å². The summed E-state index contributed by atoms with van der Waals surface area (Å²) in [5, 5.41) is 18.3. The predicted octanol–water partition coefficient (Wildman–Crippen LogP) is 2.29. The van der Waals surface area contributed by atoms with Crippen molar-refractivity contribution in [3.8, 4) is 0 Å². The maximum Gasteiger partial charge on any atom is 0.145 e. The molecule has 1 aromatic carbocycles. The fourth-order valence-electron chi connectivity index (χ4n) is 2.62. The summed E-state index contributed by atoms with van der Waals surface area (Å²) in [6.45, 7) is 0.440. The number of amidine groups is 1. The van der Waals surface area contributed by atoms with Crippen LogP contribution in [0.15, 0.2) is 30.0 Å². The molecule has 0 bridgehead atoms. The SMILES string of the molecule is N=C1C(c2nc3ccccc3[nH]2)=C(O)CN1C1CC1. The van der Waals surface area contributed by atoms with Gasteiger partial charge in [0.25, 0.3) is 0 Å². The number of rotatable bonds is 2. The molecule has 96 valence electrons. The number of fused-ring (bicyclic) bond motifs is 1. The maximum absolute atomic E-state index is 10.1. The summed E-state index contributed by atoms with van der Waals surface area (Å²) in [6, 6.07) is 8.16. The minimum Gasteiger partial charge on any atom is -0.510 e. The molecule has 1 aliphatic heterocycles. The monoisotopic (exact) mass is 254 g/mol. The van der Waals surface area contributed by atoms with E-state index in [0.717, 1.165) is 23.9 Å². The van der Waals surface area contributed by atoms with Crippen molar-refractivity contribution >= 4 is 22.4 Å². The summed E-state index contributed by atoms with van der Waals surface area (Å²) < 4.78 is 0. The van der Waals surface area contributed by atoms with Gasteiger partial charge < -0.3 is 15.0 Å². The first-order valence-corrected chi connectivity index (χ1v) is 6.47. The van der Waals surface area contributed by atoms with Gasteiger partial charge in [-0.3, -0.25) is 5.41 Å². The van der Waals surface area contributed by atoms with Gasteiger partial charge in [0, 0.05) is 6.04 Å². The van der Waals surface area contributed by atoms with Crippen molar-refractivity contribution in [2.75, 3.05) is 6.54 Å². The molecule has 1 aromatic heterocycles. The second-order valence-electron chi connectivity index (χ2n) is 5.13. The molecular weight excluding hydrogens is 240 g/mol. The molecule has 0 saturated heterocycles. The van der Waals surface area contributed by atoms with E-state index in [-0.39, 0.29) is 5.76 Å². The lowest BCUT2D eigenvalue weighted by Crippen LogP contribution is -2.28. The Balaban J connectivity index is 1.78. The quantitative estimate of drug-likeness (QED) is 0.769. The highest BCUT2D eigenvalue weighted by Gasteiger charge is 2.39. The lowest BCUT2D eigenvalue weighted by atomic mass is 10.2. The molecule has 3 N–H and O–H groups in total. The zero-order valence-electron chi connectivity index (χ0n) is 10.3. The van der Waals surface area contributed by atoms with Crippen molar-refractivity contribution in [1.82, 2.24) is 14.9 Å². The average Bonchev–Trinajstić information content (AvgIpc) is 3.08. The summed E-state index contributed by atoms with van der Waals surface area (Å²) in [7, 11) is 0. The molecule has 0 radical (unpaired) electrons. The first-order chi connectivity index (χ1) is 9.24. The van der Waals surface area contributed by atoms with Crippen molar-refractivity contribution in [2.45, 2.75) is 18.9 Å². The van der Waals surface area contributed by atoms with E-state index >= 15 is 0 Å². The summed E-state index contributed by atoms with van der Waals surface area (Å²) in [5.41, 5.74) is 2.33. The lowest BCUT2D eigenvalue weighted by molar-refractivity contribution is 0.345. The van der Waals surface area contributed by atoms with Gasteiger partial charge in [0.05, 0.1) is 23.2 Å². The van der Waals surface area contributed by atoms with Gasteiger partial charge in [-0.25, -0.2) is 4.98 Å². The van der Waals surface area contributed by atoms with Crippen molar-refractivity contribution in [2.24, 2.45) is 0 Å². The Hall–Kier alpha value is -2.30. The van der Waals surface area contributed by atoms with Crippen LogP contribution in [-0.4, -0.2) is 38.4 Å². The van der Waals surface area contributed by atoms with Crippen LogP contribution in [0.4, 0.5) is 0 Å². The molecule has 0 atom stereocenters. The minimum absolute atomic E-state index is 0.246. The molecule has 1 fully saturated rings.